The van der Waals surface area contributed by atoms with Gasteiger partial charge in [0.15, 0.2) is 0 Å². The summed E-state index contributed by atoms with van der Waals surface area (Å²) in [4.78, 5) is 4.32. The number of aliphatic hydroxyl groups is 3. The summed E-state index contributed by atoms with van der Waals surface area (Å²) in [5.74, 6) is 0.840. The van der Waals surface area contributed by atoms with Crippen molar-refractivity contribution >= 4 is 10.8 Å². The van der Waals surface area contributed by atoms with E-state index < -0.39 is 23.9 Å². The summed E-state index contributed by atoms with van der Waals surface area (Å²) >= 11 is 0. The van der Waals surface area contributed by atoms with Gasteiger partial charge in [-0.1, -0.05) is 31.2 Å². The lowest BCUT2D eigenvalue weighted by atomic mass is 9.58. The van der Waals surface area contributed by atoms with E-state index in [4.69, 9.17) is 4.74 Å². The van der Waals surface area contributed by atoms with Gasteiger partial charge in [0.2, 0.25) is 0 Å². The number of aromatic nitrogens is 1. The molecule has 3 N–H and O–H groups in total. The number of hydrogen-bond acceptors (Lipinski definition) is 5. The smallest absolute Gasteiger partial charge is 0.110 e. The van der Waals surface area contributed by atoms with E-state index in [9.17, 15) is 15.3 Å². The average Bonchev–Trinajstić information content (AvgIpc) is 3.33. The second-order valence-electron chi connectivity index (χ2n) is 11.3. The molecule has 7 rings (SSSR count). The van der Waals surface area contributed by atoms with Crippen molar-refractivity contribution in [3.05, 3.63) is 65.5 Å². The van der Waals surface area contributed by atoms with Gasteiger partial charge in [-0.15, -0.1) is 0 Å². The number of benzene rings is 1. The van der Waals surface area contributed by atoms with Crippen molar-refractivity contribution in [2.24, 2.45) is 11.3 Å². The first kappa shape index (κ1) is 20.3. The largest absolute Gasteiger partial charge is 0.390 e. The molecule has 1 aromatic carbocycles. The first-order valence-corrected chi connectivity index (χ1v) is 12.4. The first-order valence-electron chi connectivity index (χ1n) is 12.4. The quantitative estimate of drug-likeness (QED) is 0.622. The van der Waals surface area contributed by atoms with Crippen molar-refractivity contribution in [2.75, 3.05) is 0 Å². The van der Waals surface area contributed by atoms with Crippen LogP contribution in [0.15, 0.2) is 60.0 Å². The van der Waals surface area contributed by atoms with Crippen molar-refractivity contribution in [3.8, 4) is 0 Å². The van der Waals surface area contributed by atoms with Crippen molar-refractivity contribution < 1.29 is 20.1 Å². The van der Waals surface area contributed by atoms with Crippen LogP contribution in [-0.2, 0) is 4.74 Å². The van der Waals surface area contributed by atoms with Gasteiger partial charge >= 0.3 is 0 Å². The van der Waals surface area contributed by atoms with Gasteiger partial charge in [0, 0.05) is 24.2 Å². The zero-order valence-corrected chi connectivity index (χ0v) is 18.9. The van der Waals surface area contributed by atoms with E-state index in [1.165, 1.54) is 21.9 Å². The van der Waals surface area contributed by atoms with E-state index in [1.807, 2.05) is 12.4 Å². The zero-order chi connectivity index (χ0) is 22.6. The van der Waals surface area contributed by atoms with Gasteiger partial charge in [0.25, 0.3) is 0 Å². The molecular weight excluding hydrogens is 414 g/mol. The van der Waals surface area contributed by atoms with Gasteiger partial charge in [0.1, 0.15) is 12.2 Å². The maximum Gasteiger partial charge on any atom is 0.110 e. The molecule has 1 aromatic heterocycles. The Morgan fingerprint density at radius 1 is 1.06 bits per heavy atom. The summed E-state index contributed by atoms with van der Waals surface area (Å²) in [7, 11) is 0. The van der Waals surface area contributed by atoms with Gasteiger partial charge in [-0.3, -0.25) is 4.98 Å². The topological polar surface area (TPSA) is 82.8 Å². The third-order valence-corrected chi connectivity index (χ3v) is 9.91. The van der Waals surface area contributed by atoms with Gasteiger partial charge in [-0.2, -0.15) is 0 Å². The molecule has 5 heteroatoms. The molecule has 2 bridgehead atoms. The van der Waals surface area contributed by atoms with E-state index in [-0.39, 0.29) is 11.0 Å². The number of pyridine rings is 1. The standard InChI is InChI=1S/C28H31NO4/c1-26-8-6-19-13-21-24(31)25(32)22(30)14-27(21)9-10-28(19,33-27)23(26)5-4-20(26)17-3-2-16-7-11-29-15-18(16)12-17/h2-3,6-7,11-13,15,20,22-25,30-32H,4-5,8-10,14H2,1H3/t20?,22-,23+,24-,25-,26+,27+,28?/m0/s1. The third kappa shape index (κ3) is 2.49. The molecule has 2 spiro atoms. The van der Waals surface area contributed by atoms with E-state index in [2.05, 4.69) is 48.3 Å². The molecule has 5 nitrogen and oxygen atoms in total. The predicted octanol–water partition coefficient (Wildman–Crippen LogP) is 3.78. The average molecular weight is 446 g/mol. The summed E-state index contributed by atoms with van der Waals surface area (Å²) in [6.07, 6.45) is 10.3. The number of fused-ring (bicyclic) bond motifs is 2. The van der Waals surface area contributed by atoms with Crippen molar-refractivity contribution in [1.29, 1.82) is 0 Å². The predicted molar refractivity (Wildman–Crippen MR) is 125 cm³/mol. The fourth-order valence-corrected chi connectivity index (χ4v) is 8.30. The normalized spacial score (nSPS) is 45.8. The fraction of sp³-hybridized carbons (Fsp3) is 0.536. The number of nitrogens with zero attached hydrogens (tertiary/aromatic N) is 1. The molecule has 0 radical (unpaired) electrons. The molecule has 2 aromatic rings. The molecule has 3 heterocycles. The van der Waals surface area contributed by atoms with Crippen molar-refractivity contribution in [2.45, 2.75) is 80.9 Å². The number of allylic oxidation sites excluding steroid dienone is 1. The van der Waals surface area contributed by atoms with E-state index >= 15 is 0 Å². The second-order valence-corrected chi connectivity index (χ2v) is 11.3. The number of hydrogen-bond donors (Lipinski definition) is 3. The SMILES string of the molecule is C[C@]12CC=C3C=C4[C@H](O)[C@@H](O)[C@@H](O)C[C@]45CCC3(O5)[C@@H]1CCC2c1ccc2ccncc2c1. The molecule has 2 aliphatic heterocycles. The minimum Gasteiger partial charge on any atom is -0.390 e. The third-order valence-electron chi connectivity index (χ3n) is 9.91. The summed E-state index contributed by atoms with van der Waals surface area (Å²) in [6, 6.07) is 8.90. The molecule has 3 fully saturated rings. The lowest BCUT2D eigenvalue weighted by Crippen LogP contribution is -2.59. The molecule has 1 saturated heterocycles. The molecule has 5 aliphatic rings. The number of aliphatic hydroxyl groups excluding tert-OH is 3. The van der Waals surface area contributed by atoms with Crippen molar-refractivity contribution in [1.82, 2.24) is 4.98 Å². The highest BCUT2D eigenvalue weighted by Crippen LogP contribution is 2.69. The van der Waals surface area contributed by atoms with Crippen LogP contribution in [0, 0.1) is 11.3 Å². The van der Waals surface area contributed by atoms with Crippen LogP contribution in [0.4, 0.5) is 0 Å². The van der Waals surface area contributed by atoms with Gasteiger partial charge in [-0.05, 0) is 83.6 Å². The Labute approximate surface area is 193 Å². The molecule has 3 aliphatic carbocycles. The maximum atomic E-state index is 10.8. The Bertz CT molecular complexity index is 1220. The highest BCUT2D eigenvalue weighted by molar-refractivity contribution is 5.82. The Balaban J connectivity index is 1.31. The molecule has 33 heavy (non-hydrogen) atoms. The van der Waals surface area contributed by atoms with Gasteiger partial charge < -0.3 is 20.1 Å². The van der Waals surface area contributed by atoms with Crippen LogP contribution < -0.4 is 0 Å². The van der Waals surface area contributed by atoms with Crippen LogP contribution in [-0.4, -0.2) is 49.8 Å². The van der Waals surface area contributed by atoms with E-state index in [0.717, 1.165) is 37.7 Å². The summed E-state index contributed by atoms with van der Waals surface area (Å²) in [6.45, 7) is 2.44. The molecule has 172 valence electrons. The highest BCUT2D eigenvalue weighted by Gasteiger charge is 2.68. The zero-order valence-electron chi connectivity index (χ0n) is 18.9. The van der Waals surface area contributed by atoms with Crippen LogP contribution >= 0.6 is 0 Å². The monoisotopic (exact) mass is 445 g/mol. The maximum absolute atomic E-state index is 10.8. The van der Waals surface area contributed by atoms with Crippen LogP contribution in [0.2, 0.25) is 0 Å². The van der Waals surface area contributed by atoms with E-state index in [0.29, 0.717) is 18.3 Å². The van der Waals surface area contributed by atoms with Crippen LogP contribution in [0.25, 0.3) is 10.8 Å². The van der Waals surface area contributed by atoms with Crippen LogP contribution in [0.5, 0.6) is 0 Å². The second kappa shape index (κ2) is 6.54. The van der Waals surface area contributed by atoms with Crippen LogP contribution in [0.1, 0.15) is 56.9 Å². The Hall–Kier alpha value is -2.05. The summed E-state index contributed by atoms with van der Waals surface area (Å²) in [5, 5.41) is 34.0. The Kier molecular flexibility index (Phi) is 4.03. The summed E-state index contributed by atoms with van der Waals surface area (Å²) in [5.41, 5.74) is 2.41. The highest BCUT2D eigenvalue weighted by atomic mass is 16.5. The lowest BCUT2D eigenvalue weighted by molar-refractivity contribution is -0.176. The lowest BCUT2D eigenvalue weighted by Gasteiger charge is -2.55. The van der Waals surface area contributed by atoms with E-state index in [1.54, 1.807) is 0 Å². The molecule has 2 unspecified atom stereocenters. The number of rotatable bonds is 1. The number of ether oxygens (including phenoxy) is 1. The summed E-state index contributed by atoms with van der Waals surface area (Å²) < 4.78 is 7.03. The fourth-order valence-electron chi connectivity index (χ4n) is 8.30. The molecular formula is C28H31NO4. The Morgan fingerprint density at radius 3 is 2.82 bits per heavy atom. The first-order chi connectivity index (χ1) is 15.9. The molecule has 0 amide bonds. The molecule has 8 atom stereocenters. The van der Waals surface area contributed by atoms with Gasteiger partial charge in [-0.25, -0.2) is 0 Å². The Morgan fingerprint density at radius 2 is 1.94 bits per heavy atom. The van der Waals surface area contributed by atoms with Gasteiger partial charge in [0.05, 0.1) is 17.3 Å². The minimum absolute atomic E-state index is 0.0850. The van der Waals surface area contributed by atoms with Crippen molar-refractivity contribution in [3.63, 3.8) is 0 Å². The minimum atomic E-state index is -1.15. The molecule has 2 saturated carbocycles. The van der Waals surface area contributed by atoms with Crippen LogP contribution in [0.3, 0.4) is 0 Å².